The second kappa shape index (κ2) is 9.23. The molecule has 1 aliphatic heterocycles. The van der Waals surface area contributed by atoms with Crippen LogP contribution in [0, 0.1) is 0 Å². The predicted molar refractivity (Wildman–Crippen MR) is 138 cm³/mol. The van der Waals surface area contributed by atoms with Crippen LogP contribution in [-0.2, 0) is 0 Å². The fraction of sp³-hybridized carbons (Fsp3) is 0.148. The number of aromatic amines is 1. The number of aromatic nitrogens is 5. The molecule has 10 heteroatoms. The maximum absolute atomic E-state index is 12.2. The fourth-order valence-corrected chi connectivity index (χ4v) is 4.20. The Morgan fingerprint density at radius 2 is 1.84 bits per heavy atom. The van der Waals surface area contributed by atoms with Crippen molar-refractivity contribution in [2.45, 2.75) is 0 Å². The largest absolute Gasteiger partial charge is 0.490 e. The quantitative estimate of drug-likeness (QED) is 0.383. The van der Waals surface area contributed by atoms with Crippen LogP contribution in [0.5, 0.6) is 17.5 Å². The summed E-state index contributed by atoms with van der Waals surface area (Å²) < 4.78 is 11.9. The molecule has 10 nitrogen and oxygen atoms in total. The second-order valence-corrected chi connectivity index (χ2v) is 8.67. The summed E-state index contributed by atoms with van der Waals surface area (Å²) in [6.07, 6.45) is 1.75. The zero-order valence-electron chi connectivity index (χ0n) is 20.3. The van der Waals surface area contributed by atoms with E-state index in [1.165, 1.54) is 4.90 Å². The highest BCUT2D eigenvalue weighted by atomic mass is 16.5. The lowest BCUT2D eigenvalue weighted by molar-refractivity contribution is 0.0827. The third-order valence-corrected chi connectivity index (χ3v) is 6.02. The molecule has 1 amide bonds. The van der Waals surface area contributed by atoms with Gasteiger partial charge in [0.15, 0.2) is 5.82 Å². The van der Waals surface area contributed by atoms with Gasteiger partial charge in [0.2, 0.25) is 5.95 Å². The van der Waals surface area contributed by atoms with Gasteiger partial charge in [-0.1, -0.05) is 24.3 Å². The van der Waals surface area contributed by atoms with Crippen molar-refractivity contribution in [1.82, 2.24) is 30.0 Å². The van der Waals surface area contributed by atoms with Crippen LogP contribution < -0.4 is 14.4 Å². The van der Waals surface area contributed by atoms with Gasteiger partial charge in [0.1, 0.15) is 18.1 Å². The van der Waals surface area contributed by atoms with E-state index in [2.05, 4.69) is 20.2 Å². The van der Waals surface area contributed by atoms with Crippen molar-refractivity contribution in [3.05, 3.63) is 78.5 Å². The van der Waals surface area contributed by atoms with E-state index in [4.69, 9.17) is 14.5 Å². The fourth-order valence-electron chi connectivity index (χ4n) is 4.20. The summed E-state index contributed by atoms with van der Waals surface area (Å²) in [5, 5.41) is 8.04. The van der Waals surface area contributed by atoms with Crippen molar-refractivity contribution in [1.29, 1.82) is 0 Å². The molecule has 2 aromatic heterocycles. The molecule has 3 aromatic carbocycles. The molecule has 3 heterocycles. The number of hydrogen-bond acceptors (Lipinski definition) is 8. The Morgan fingerprint density at radius 1 is 1.00 bits per heavy atom. The Hall–Kier alpha value is -4.99. The number of carbonyl (C=O) groups is 1. The molecule has 0 spiro atoms. The van der Waals surface area contributed by atoms with Gasteiger partial charge >= 0.3 is 6.01 Å². The van der Waals surface area contributed by atoms with Crippen molar-refractivity contribution in [2.75, 3.05) is 32.1 Å². The van der Waals surface area contributed by atoms with E-state index in [1.807, 2.05) is 47.4 Å². The van der Waals surface area contributed by atoms with Crippen molar-refractivity contribution in [3.63, 3.8) is 0 Å². The van der Waals surface area contributed by atoms with Gasteiger partial charge in [0, 0.05) is 30.6 Å². The number of nitrogens with zero attached hydrogens (tertiary/aromatic N) is 6. The van der Waals surface area contributed by atoms with Crippen LogP contribution in [0.4, 0.5) is 11.6 Å². The number of amides is 1. The van der Waals surface area contributed by atoms with Crippen molar-refractivity contribution in [3.8, 4) is 28.9 Å². The Morgan fingerprint density at radius 3 is 2.68 bits per heavy atom. The molecule has 6 rings (SSSR count). The third-order valence-electron chi connectivity index (χ3n) is 6.02. The van der Waals surface area contributed by atoms with Gasteiger partial charge in [-0.05, 0) is 42.5 Å². The molecule has 1 aliphatic rings. The average Bonchev–Trinajstić information content (AvgIpc) is 3.42. The number of rotatable bonds is 5. The lowest BCUT2D eigenvalue weighted by atomic mass is 10.1. The maximum Gasteiger partial charge on any atom is 0.327 e. The van der Waals surface area contributed by atoms with Gasteiger partial charge in [0.25, 0.3) is 5.91 Å². The van der Waals surface area contributed by atoms with Crippen molar-refractivity contribution >= 4 is 28.4 Å². The minimum Gasteiger partial charge on any atom is -0.490 e. The summed E-state index contributed by atoms with van der Waals surface area (Å²) in [5.41, 5.74) is 3.10. The summed E-state index contributed by atoms with van der Waals surface area (Å²) in [6, 6.07) is 20.6. The monoisotopic (exact) mass is 493 g/mol. The standard InChI is InChI=1S/C27H23N7O3/c1-33(2)25(35)17-10-12-18(13-11-17)37-27-30-24(19-6-5-7-21-20(19)16-28-32-21)29-26(31-27)34-14-15-36-23-9-4-3-8-22(23)34/h3-13,16H,14-15H2,1-2H3,(H,28,32). The lowest BCUT2D eigenvalue weighted by Crippen LogP contribution is -2.30. The number of ether oxygens (including phenoxy) is 2. The summed E-state index contributed by atoms with van der Waals surface area (Å²) in [5.74, 6) is 2.07. The van der Waals surface area contributed by atoms with E-state index in [0.29, 0.717) is 36.2 Å². The number of hydrogen-bond donors (Lipinski definition) is 1. The van der Waals surface area contributed by atoms with Crippen molar-refractivity contribution < 1.29 is 14.3 Å². The smallest absolute Gasteiger partial charge is 0.327 e. The molecule has 37 heavy (non-hydrogen) atoms. The van der Waals surface area contributed by atoms with Crippen molar-refractivity contribution in [2.24, 2.45) is 0 Å². The van der Waals surface area contributed by atoms with Crippen LogP contribution in [-0.4, -0.2) is 63.2 Å². The lowest BCUT2D eigenvalue weighted by Gasteiger charge is -2.29. The average molecular weight is 494 g/mol. The highest BCUT2D eigenvalue weighted by molar-refractivity contribution is 5.94. The Kier molecular flexibility index (Phi) is 5.61. The van der Waals surface area contributed by atoms with Crippen LogP contribution in [0.3, 0.4) is 0 Å². The van der Waals surface area contributed by atoms with Crippen LogP contribution in [0.2, 0.25) is 0 Å². The number of para-hydroxylation sites is 2. The van der Waals surface area contributed by atoms with E-state index in [0.717, 1.165) is 27.9 Å². The molecule has 0 atom stereocenters. The molecule has 5 aromatic rings. The first-order chi connectivity index (χ1) is 18.1. The van der Waals surface area contributed by atoms with E-state index in [1.54, 1.807) is 44.6 Å². The van der Waals surface area contributed by atoms with Gasteiger partial charge < -0.3 is 19.3 Å². The normalized spacial score (nSPS) is 12.6. The minimum absolute atomic E-state index is 0.0875. The number of carbonyl (C=O) groups excluding carboxylic acids is 1. The minimum atomic E-state index is -0.0875. The van der Waals surface area contributed by atoms with E-state index < -0.39 is 0 Å². The van der Waals surface area contributed by atoms with Gasteiger partial charge in [-0.3, -0.25) is 9.89 Å². The first-order valence-electron chi connectivity index (χ1n) is 11.7. The van der Waals surface area contributed by atoms with Gasteiger partial charge in [-0.15, -0.1) is 0 Å². The third kappa shape index (κ3) is 4.29. The Balaban J connectivity index is 1.43. The summed E-state index contributed by atoms with van der Waals surface area (Å²) >= 11 is 0. The first kappa shape index (κ1) is 22.5. The molecule has 0 unspecified atom stereocenters. The predicted octanol–water partition coefficient (Wildman–Crippen LogP) is 4.44. The summed E-state index contributed by atoms with van der Waals surface area (Å²) in [7, 11) is 3.43. The molecule has 0 saturated carbocycles. The molecular weight excluding hydrogens is 470 g/mol. The molecule has 0 bridgehead atoms. The van der Waals surface area contributed by atoms with E-state index in [-0.39, 0.29) is 11.9 Å². The number of H-pyrrole nitrogens is 1. The second-order valence-electron chi connectivity index (χ2n) is 8.67. The zero-order valence-corrected chi connectivity index (χ0v) is 20.3. The van der Waals surface area contributed by atoms with E-state index in [9.17, 15) is 4.79 Å². The van der Waals surface area contributed by atoms with Gasteiger partial charge in [-0.25, -0.2) is 0 Å². The number of benzene rings is 3. The molecule has 0 saturated heterocycles. The number of anilines is 2. The molecule has 0 fully saturated rings. The molecule has 184 valence electrons. The SMILES string of the molecule is CN(C)C(=O)c1ccc(Oc2nc(-c3cccc4[nH]ncc34)nc(N3CCOc4ccccc43)n2)cc1. The van der Waals surface area contributed by atoms with Crippen LogP contribution in [0.25, 0.3) is 22.3 Å². The molecule has 0 aliphatic carbocycles. The zero-order chi connectivity index (χ0) is 25.4. The Bertz CT molecular complexity index is 1600. The topological polar surface area (TPSA) is 109 Å². The Labute approximate surface area is 212 Å². The number of fused-ring (bicyclic) bond motifs is 2. The maximum atomic E-state index is 12.2. The molecule has 0 radical (unpaired) electrons. The number of nitrogens with one attached hydrogen (secondary N) is 1. The van der Waals surface area contributed by atoms with Gasteiger partial charge in [-0.2, -0.15) is 20.1 Å². The van der Waals surface area contributed by atoms with Crippen LogP contribution in [0.15, 0.2) is 72.9 Å². The van der Waals surface area contributed by atoms with E-state index >= 15 is 0 Å². The molecule has 1 N–H and O–H groups in total. The summed E-state index contributed by atoms with van der Waals surface area (Å²) in [6.45, 7) is 1.06. The first-order valence-corrected chi connectivity index (χ1v) is 11.7. The summed E-state index contributed by atoms with van der Waals surface area (Å²) in [4.78, 5) is 29.9. The highest BCUT2D eigenvalue weighted by Crippen LogP contribution is 2.36. The van der Waals surface area contributed by atoms with Crippen LogP contribution >= 0.6 is 0 Å². The van der Waals surface area contributed by atoms with Crippen LogP contribution in [0.1, 0.15) is 10.4 Å². The van der Waals surface area contributed by atoms with Gasteiger partial charge in [0.05, 0.1) is 23.9 Å². The molecular formula is C27H23N7O3. The highest BCUT2D eigenvalue weighted by Gasteiger charge is 2.24.